The normalized spacial score (nSPS) is 21.1. The lowest BCUT2D eigenvalue weighted by Gasteiger charge is -2.08. The van der Waals surface area contributed by atoms with Gasteiger partial charge in [-0.3, -0.25) is 0 Å². The average Bonchev–Trinajstić information content (AvgIpc) is 2.41. The van der Waals surface area contributed by atoms with Crippen LogP contribution in [0.3, 0.4) is 0 Å². The lowest BCUT2D eigenvalue weighted by molar-refractivity contribution is 0.711. The number of fused-ring (bicyclic) bond motifs is 1. The number of halogens is 2. The molecule has 1 aromatic carbocycles. The number of rotatable bonds is 0. The zero-order valence-electron chi connectivity index (χ0n) is 6.48. The van der Waals surface area contributed by atoms with Crippen LogP contribution in [-0.2, 0) is 6.42 Å². The highest BCUT2D eigenvalue weighted by Crippen LogP contribution is 2.36. The first kappa shape index (κ1) is 8.78. The molecular formula is C9H9ClIN. The van der Waals surface area contributed by atoms with Crippen LogP contribution in [0.25, 0.3) is 0 Å². The molecule has 0 amide bonds. The van der Waals surface area contributed by atoms with Gasteiger partial charge in [-0.2, -0.15) is 0 Å². The molecule has 1 aromatic rings. The molecule has 3 heteroatoms. The molecule has 12 heavy (non-hydrogen) atoms. The van der Waals surface area contributed by atoms with Crippen molar-refractivity contribution in [3.63, 3.8) is 0 Å². The van der Waals surface area contributed by atoms with E-state index in [2.05, 4.69) is 28.7 Å². The van der Waals surface area contributed by atoms with Gasteiger partial charge in [0.05, 0.1) is 5.02 Å². The Kier molecular flexibility index (Phi) is 2.31. The third-order valence-electron chi connectivity index (χ3n) is 2.32. The second-order valence-corrected chi connectivity index (χ2v) is 4.57. The molecule has 1 atom stereocenters. The molecule has 0 fully saturated rings. The Balaban J connectivity index is 2.63. The van der Waals surface area contributed by atoms with E-state index >= 15 is 0 Å². The summed E-state index contributed by atoms with van der Waals surface area (Å²) in [6.45, 7) is 0. The summed E-state index contributed by atoms with van der Waals surface area (Å²) in [7, 11) is 0. The second-order valence-electron chi connectivity index (χ2n) is 3.08. The van der Waals surface area contributed by atoms with Crippen molar-refractivity contribution in [3.8, 4) is 0 Å². The Morgan fingerprint density at radius 3 is 3.00 bits per heavy atom. The molecular weight excluding hydrogens is 284 g/mol. The van der Waals surface area contributed by atoms with Gasteiger partial charge < -0.3 is 5.73 Å². The fourth-order valence-electron chi connectivity index (χ4n) is 1.68. The van der Waals surface area contributed by atoms with Crippen molar-refractivity contribution in [1.82, 2.24) is 0 Å². The van der Waals surface area contributed by atoms with E-state index in [1.807, 2.05) is 6.07 Å². The highest BCUT2D eigenvalue weighted by Gasteiger charge is 2.22. The maximum absolute atomic E-state index is 5.99. The third-order valence-corrected chi connectivity index (χ3v) is 4.11. The first-order valence-electron chi connectivity index (χ1n) is 3.92. The summed E-state index contributed by atoms with van der Waals surface area (Å²) >= 11 is 8.27. The lowest BCUT2D eigenvalue weighted by atomic mass is 10.1. The van der Waals surface area contributed by atoms with Crippen molar-refractivity contribution >= 4 is 34.2 Å². The SMILES string of the molecule is N[C@@H]1CCc2ccc(Cl)c(I)c21. The van der Waals surface area contributed by atoms with E-state index in [-0.39, 0.29) is 6.04 Å². The lowest BCUT2D eigenvalue weighted by Crippen LogP contribution is -2.07. The number of hydrogen-bond donors (Lipinski definition) is 1. The van der Waals surface area contributed by atoms with Crippen LogP contribution in [0.15, 0.2) is 12.1 Å². The van der Waals surface area contributed by atoms with Gasteiger partial charge in [-0.15, -0.1) is 0 Å². The van der Waals surface area contributed by atoms with Gasteiger partial charge in [0.25, 0.3) is 0 Å². The quantitative estimate of drug-likeness (QED) is 0.731. The number of hydrogen-bond acceptors (Lipinski definition) is 1. The van der Waals surface area contributed by atoms with Crippen LogP contribution in [0, 0.1) is 3.57 Å². The van der Waals surface area contributed by atoms with Gasteiger partial charge in [0.1, 0.15) is 0 Å². The van der Waals surface area contributed by atoms with E-state index in [0.29, 0.717) is 0 Å². The molecule has 1 aliphatic carbocycles. The second kappa shape index (κ2) is 3.16. The molecule has 0 bridgehead atoms. The minimum Gasteiger partial charge on any atom is -0.324 e. The van der Waals surface area contributed by atoms with Gasteiger partial charge in [0.15, 0.2) is 0 Å². The van der Waals surface area contributed by atoms with Crippen LogP contribution in [0.4, 0.5) is 0 Å². The van der Waals surface area contributed by atoms with Crippen LogP contribution in [0.1, 0.15) is 23.6 Å². The monoisotopic (exact) mass is 293 g/mol. The molecule has 64 valence electrons. The summed E-state index contributed by atoms with van der Waals surface area (Å²) in [5.41, 5.74) is 8.59. The molecule has 0 saturated carbocycles. The van der Waals surface area contributed by atoms with Crippen LogP contribution in [-0.4, -0.2) is 0 Å². The molecule has 0 heterocycles. The predicted octanol–water partition coefficient (Wildman–Crippen LogP) is 2.89. The van der Waals surface area contributed by atoms with Crippen molar-refractivity contribution in [2.24, 2.45) is 5.73 Å². The smallest absolute Gasteiger partial charge is 0.0543 e. The van der Waals surface area contributed by atoms with Gasteiger partial charge in [-0.25, -0.2) is 0 Å². The topological polar surface area (TPSA) is 26.0 Å². The van der Waals surface area contributed by atoms with E-state index in [4.69, 9.17) is 17.3 Å². The highest BCUT2D eigenvalue weighted by molar-refractivity contribution is 14.1. The average molecular weight is 294 g/mol. The third kappa shape index (κ3) is 1.26. The minimum absolute atomic E-state index is 0.200. The number of benzene rings is 1. The zero-order valence-corrected chi connectivity index (χ0v) is 9.39. The summed E-state index contributed by atoms with van der Waals surface area (Å²) in [4.78, 5) is 0. The Hall–Kier alpha value is 0.200. The molecule has 1 aliphatic rings. The highest BCUT2D eigenvalue weighted by atomic mass is 127. The molecule has 2 N–H and O–H groups in total. The largest absolute Gasteiger partial charge is 0.324 e. The van der Waals surface area contributed by atoms with Crippen molar-refractivity contribution < 1.29 is 0 Å². The Labute approximate surface area is 90.4 Å². The summed E-state index contributed by atoms with van der Waals surface area (Å²) in [5, 5.41) is 0.826. The maximum atomic E-state index is 5.99. The van der Waals surface area contributed by atoms with E-state index in [0.717, 1.165) is 21.4 Å². The number of aryl methyl sites for hydroxylation is 1. The molecule has 2 rings (SSSR count). The van der Waals surface area contributed by atoms with Crippen molar-refractivity contribution in [3.05, 3.63) is 31.9 Å². The van der Waals surface area contributed by atoms with Crippen LogP contribution in [0.5, 0.6) is 0 Å². The van der Waals surface area contributed by atoms with Crippen molar-refractivity contribution in [1.29, 1.82) is 0 Å². The van der Waals surface area contributed by atoms with Crippen molar-refractivity contribution in [2.75, 3.05) is 0 Å². The Morgan fingerprint density at radius 1 is 1.50 bits per heavy atom. The first-order chi connectivity index (χ1) is 5.70. The number of nitrogens with two attached hydrogens (primary N) is 1. The summed E-state index contributed by atoms with van der Waals surface area (Å²) in [6, 6.07) is 4.25. The van der Waals surface area contributed by atoms with Gasteiger partial charge >= 0.3 is 0 Å². The first-order valence-corrected chi connectivity index (χ1v) is 5.38. The molecule has 0 aromatic heterocycles. The fourth-order valence-corrected chi connectivity index (χ4v) is 2.77. The van der Waals surface area contributed by atoms with Gasteiger partial charge in [0, 0.05) is 9.61 Å². The van der Waals surface area contributed by atoms with Crippen LogP contribution < -0.4 is 5.73 Å². The van der Waals surface area contributed by atoms with E-state index < -0.39 is 0 Å². The molecule has 1 nitrogen and oxygen atoms in total. The van der Waals surface area contributed by atoms with E-state index in [1.54, 1.807) is 0 Å². The standard InChI is InChI=1S/C9H9ClIN/c10-6-3-1-5-2-4-7(12)8(5)9(6)11/h1,3,7H,2,4,12H2/t7-/m1/s1. The summed E-state index contributed by atoms with van der Waals surface area (Å²) < 4.78 is 1.14. The van der Waals surface area contributed by atoms with Crippen LogP contribution in [0.2, 0.25) is 5.02 Å². The van der Waals surface area contributed by atoms with Gasteiger partial charge in [-0.1, -0.05) is 17.7 Å². The Morgan fingerprint density at radius 2 is 2.25 bits per heavy atom. The van der Waals surface area contributed by atoms with E-state index in [1.165, 1.54) is 11.1 Å². The Bertz CT molecular complexity index is 325. The zero-order chi connectivity index (χ0) is 8.72. The molecule has 0 aliphatic heterocycles. The fraction of sp³-hybridized carbons (Fsp3) is 0.333. The van der Waals surface area contributed by atoms with Gasteiger partial charge in [0.2, 0.25) is 0 Å². The van der Waals surface area contributed by atoms with Crippen molar-refractivity contribution in [2.45, 2.75) is 18.9 Å². The molecule has 0 spiro atoms. The summed E-state index contributed by atoms with van der Waals surface area (Å²) in [5.74, 6) is 0. The maximum Gasteiger partial charge on any atom is 0.0543 e. The molecule has 0 saturated heterocycles. The molecule has 0 unspecified atom stereocenters. The molecule has 0 radical (unpaired) electrons. The van der Waals surface area contributed by atoms with Crippen LogP contribution >= 0.6 is 34.2 Å². The predicted molar refractivity (Wildman–Crippen MR) is 59.4 cm³/mol. The van der Waals surface area contributed by atoms with Gasteiger partial charge in [-0.05, 0) is 52.6 Å². The van der Waals surface area contributed by atoms with E-state index in [9.17, 15) is 0 Å². The minimum atomic E-state index is 0.200. The summed E-state index contributed by atoms with van der Waals surface area (Å²) in [6.07, 6.45) is 2.16.